The number of hydrogen-bond acceptors (Lipinski definition) is 3. The number of rotatable bonds is 2. The molecular weight excluding hydrogens is 250 g/mol. The van der Waals surface area contributed by atoms with Gasteiger partial charge in [-0.05, 0) is 29.2 Å². The minimum absolute atomic E-state index is 0.0486. The molecule has 1 amide bonds. The Morgan fingerprint density at radius 1 is 1.10 bits per heavy atom. The fourth-order valence-corrected chi connectivity index (χ4v) is 2.01. The van der Waals surface area contributed by atoms with Crippen molar-refractivity contribution in [3.05, 3.63) is 53.7 Å². The Balaban J connectivity index is 2.29. The molecule has 20 heavy (non-hydrogen) atoms. The molecule has 1 aromatic carbocycles. The largest absolute Gasteiger partial charge is 0.384 e. The molecule has 104 valence electrons. The summed E-state index contributed by atoms with van der Waals surface area (Å²) in [6.07, 6.45) is 0. The first-order valence-electron chi connectivity index (χ1n) is 6.51. The van der Waals surface area contributed by atoms with E-state index in [0.29, 0.717) is 11.5 Å². The molecule has 0 atom stereocenters. The third-order valence-corrected chi connectivity index (χ3v) is 2.99. The molecule has 4 nitrogen and oxygen atoms in total. The van der Waals surface area contributed by atoms with Crippen LogP contribution in [0.5, 0.6) is 0 Å². The number of anilines is 2. The van der Waals surface area contributed by atoms with Crippen LogP contribution in [-0.4, -0.2) is 10.9 Å². The Bertz CT molecular complexity index is 630. The molecule has 0 spiro atoms. The Morgan fingerprint density at radius 3 is 2.45 bits per heavy atom. The van der Waals surface area contributed by atoms with Crippen LogP contribution in [-0.2, 0) is 5.41 Å². The zero-order chi connectivity index (χ0) is 14.8. The molecular formula is C16H19N3O. The van der Waals surface area contributed by atoms with E-state index in [-0.39, 0.29) is 11.3 Å². The normalized spacial score (nSPS) is 11.2. The lowest BCUT2D eigenvalue weighted by molar-refractivity contribution is 0.102. The monoisotopic (exact) mass is 269 g/mol. The fourth-order valence-electron chi connectivity index (χ4n) is 2.01. The molecule has 0 bridgehead atoms. The van der Waals surface area contributed by atoms with Crippen LogP contribution in [0, 0.1) is 0 Å². The van der Waals surface area contributed by atoms with Gasteiger partial charge < -0.3 is 11.1 Å². The molecule has 0 aliphatic rings. The minimum Gasteiger partial charge on any atom is -0.384 e. The highest BCUT2D eigenvalue weighted by atomic mass is 16.1. The summed E-state index contributed by atoms with van der Waals surface area (Å²) in [7, 11) is 0. The molecule has 0 saturated carbocycles. The summed E-state index contributed by atoms with van der Waals surface area (Å²) in [5.74, 6) is 0.0794. The number of benzene rings is 1. The van der Waals surface area contributed by atoms with Crippen molar-refractivity contribution >= 4 is 17.4 Å². The summed E-state index contributed by atoms with van der Waals surface area (Å²) in [4.78, 5) is 16.2. The van der Waals surface area contributed by atoms with Gasteiger partial charge in [0.25, 0.3) is 5.91 Å². The highest BCUT2D eigenvalue weighted by Gasteiger charge is 2.19. The first kappa shape index (κ1) is 14.1. The molecule has 2 aromatic rings. The van der Waals surface area contributed by atoms with E-state index >= 15 is 0 Å². The average Bonchev–Trinajstić information content (AvgIpc) is 2.38. The van der Waals surface area contributed by atoms with Crippen molar-refractivity contribution < 1.29 is 4.79 Å². The second kappa shape index (κ2) is 5.33. The number of para-hydroxylation sites is 1. The predicted octanol–water partition coefficient (Wildman–Crippen LogP) is 3.21. The summed E-state index contributed by atoms with van der Waals surface area (Å²) in [5, 5.41) is 2.90. The molecule has 0 fully saturated rings. The van der Waals surface area contributed by atoms with Crippen molar-refractivity contribution in [2.45, 2.75) is 26.2 Å². The van der Waals surface area contributed by atoms with Crippen molar-refractivity contribution in [2.75, 3.05) is 11.1 Å². The fraction of sp³-hybridized carbons (Fsp3) is 0.250. The van der Waals surface area contributed by atoms with Gasteiger partial charge >= 0.3 is 0 Å². The Kier molecular flexibility index (Phi) is 3.74. The number of carbonyl (C=O) groups is 1. The van der Waals surface area contributed by atoms with E-state index in [0.717, 1.165) is 11.3 Å². The molecule has 0 aliphatic heterocycles. The van der Waals surface area contributed by atoms with Crippen LogP contribution in [0.25, 0.3) is 0 Å². The van der Waals surface area contributed by atoms with Gasteiger partial charge in [0.05, 0.1) is 0 Å². The van der Waals surface area contributed by atoms with Gasteiger partial charge in [-0.1, -0.05) is 45.0 Å². The van der Waals surface area contributed by atoms with Crippen LogP contribution in [0.1, 0.15) is 36.8 Å². The number of nitrogen functional groups attached to an aromatic ring is 1. The highest BCUT2D eigenvalue weighted by molar-refractivity contribution is 6.03. The van der Waals surface area contributed by atoms with Crippen LogP contribution in [0.4, 0.5) is 11.5 Å². The maximum absolute atomic E-state index is 12.2. The van der Waals surface area contributed by atoms with Gasteiger partial charge in [0.1, 0.15) is 11.5 Å². The summed E-state index contributed by atoms with van der Waals surface area (Å²) < 4.78 is 0. The zero-order valence-corrected chi connectivity index (χ0v) is 12.0. The lowest BCUT2D eigenvalue weighted by atomic mass is 9.86. The Morgan fingerprint density at radius 2 is 1.80 bits per heavy atom. The molecule has 0 aliphatic carbocycles. The van der Waals surface area contributed by atoms with Crippen molar-refractivity contribution in [1.29, 1.82) is 0 Å². The summed E-state index contributed by atoms with van der Waals surface area (Å²) in [6, 6.07) is 12.8. The molecule has 0 unspecified atom stereocenters. The van der Waals surface area contributed by atoms with Gasteiger partial charge in [-0.3, -0.25) is 4.79 Å². The van der Waals surface area contributed by atoms with Crippen molar-refractivity contribution in [2.24, 2.45) is 0 Å². The van der Waals surface area contributed by atoms with Crippen molar-refractivity contribution in [3.8, 4) is 0 Å². The van der Waals surface area contributed by atoms with Gasteiger partial charge in [-0.2, -0.15) is 0 Å². The summed E-state index contributed by atoms with van der Waals surface area (Å²) in [6.45, 7) is 6.32. The summed E-state index contributed by atoms with van der Waals surface area (Å²) >= 11 is 0. The summed E-state index contributed by atoms with van der Waals surface area (Å²) in [5.41, 5.74) is 7.74. The number of hydrogen-bond donors (Lipinski definition) is 2. The van der Waals surface area contributed by atoms with Gasteiger partial charge in [-0.15, -0.1) is 0 Å². The second-order valence-electron chi connectivity index (χ2n) is 5.70. The molecule has 4 heteroatoms. The molecule has 2 rings (SSSR count). The number of nitrogens with one attached hydrogen (secondary N) is 1. The van der Waals surface area contributed by atoms with Gasteiger partial charge in [-0.25, -0.2) is 4.98 Å². The smallest absolute Gasteiger partial charge is 0.274 e. The van der Waals surface area contributed by atoms with E-state index in [1.54, 1.807) is 18.2 Å². The van der Waals surface area contributed by atoms with E-state index in [9.17, 15) is 4.79 Å². The molecule has 0 radical (unpaired) electrons. The van der Waals surface area contributed by atoms with Gasteiger partial charge in [0.15, 0.2) is 0 Å². The van der Waals surface area contributed by atoms with E-state index in [1.807, 2.05) is 24.3 Å². The van der Waals surface area contributed by atoms with Crippen LogP contribution in [0.15, 0.2) is 42.5 Å². The van der Waals surface area contributed by atoms with E-state index < -0.39 is 0 Å². The second-order valence-corrected chi connectivity index (χ2v) is 5.70. The van der Waals surface area contributed by atoms with Crippen LogP contribution >= 0.6 is 0 Å². The SMILES string of the molecule is CC(C)(C)c1ccccc1NC(=O)c1cccc(N)n1. The number of nitrogens with zero attached hydrogens (tertiary/aromatic N) is 1. The maximum atomic E-state index is 12.2. The minimum atomic E-state index is -0.256. The predicted molar refractivity (Wildman–Crippen MR) is 81.7 cm³/mol. The third-order valence-electron chi connectivity index (χ3n) is 2.99. The number of aromatic nitrogens is 1. The molecule has 1 heterocycles. The van der Waals surface area contributed by atoms with Crippen LogP contribution in [0.2, 0.25) is 0 Å². The van der Waals surface area contributed by atoms with E-state index in [1.165, 1.54) is 0 Å². The standard InChI is InChI=1S/C16H19N3O/c1-16(2,3)11-7-4-5-8-12(11)19-15(20)13-9-6-10-14(17)18-13/h4-10H,1-3H3,(H2,17,18)(H,19,20). The first-order chi connectivity index (χ1) is 9.38. The van der Waals surface area contributed by atoms with Crippen molar-refractivity contribution in [1.82, 2.24) is 4.98 Å². The third kappa shape index (κ3) is 3.15. The van der Waals surface area contributed by atoms with E-state index in [4.69, 9.17) is 5.73 Å². The van der Waals surface area contributed by atoms with E-state index in [2.05, 4.69) is 31.1 Å². The van der Waals surface area contributed by atoms with Crippen molar-refractivity contribution in [3.63, 3.8) is 0 Å². The quantitative estimate of drug-likeness (QED) is 0.879. The molecule has 1 aromatic heterocycles. The van der Waals surface area contributed by atoms with Gasteiger partial charge in [0, 0.05) is 5.69 Å². The van der Waals surface area contributed by atoms with Gasteiger partial charge in [0.2, 0.25) is 0 Å². The maximum Gasteiger partial charge on any atom is 0.274 e. The average molecular weight is 269 g/mol. The molecule has 3 N–H and O–H groups in total. The zero-order valence-electron chi connectivity index (χ0n) is 12.0. The number of carbonyl (C=O) groups excluding carboxylic acids is 1. The Hall–Kier alpha value is -2.36. The van der Waals surface area contributed by atoms with Crippen LogP contribution in [0.3, 0.4) is 0 Å². The number of amides is 1. The highest BCUT2D eigenvalue weighted by Crippen LogP contribution is 2.29. The molecule has 0 saturated heterocycles. The Labute approximate surface area is 119 Å². The lowest BCUT2D eigenvalue weighted by Crippen LogP contribution is -2.19. The lowest BCUT2D eigenvalue weighted by Gasteiger charge is -2.22. The first-order valence-corrected chi connectivity index (χ1v) is 6.51. The number of pyridine rings is 1. The topological polar surface area (TPSA) is 68.0 Å². The van der Waals surface area contributed by atoms with Crippen LogP contribution < -0.4 is 11.1 Å². The number of nitrogens with two attached hydrogens (primary N) is 1.